The van der Waals surface area contributed by atoms with E-state index in [-0.39, 0.29) is 30.8 Å². The largest absolute Gasteiger partial charge is 0.497 e. The standard InChI is InChI=1S/C25H30N2O6/c1-16(2)10-11-26-25(30)17(3)27-21-12-18(8-9-23(21)33-15-24(27)29)22(28)14-32-20-7-5-6-19(13-20)31-4/h5-9,12-13,16-17H,10-11,14-15H2,1-4H3,(H,26,30). The molecule has 0 saturated carbocycles. The predicted molar refractivity (Wildman–Crippen MR) is 124 cm³/mol. The Hall–Kier alpha value is -3.55. The molecule has 1 unspecified atom stereocenters. The van der Waals surface area contributed by atoms with Gasteiger partial charge in [0.05, 0.1) is 12.8 Å². The predicted octanol–water partition coefficient (Wildman–Crippen LogP) is 3.23. The molecule has 1 atom stereocenters. The third kappa shape index (κ3) is 6.03. The molecular weight excluding hydrogens is 424 g/mol. The van der Waals surface area contributed by atoms with Crippen LogP contribution in [0.1, 0.15) is 37.6 Å². The third-order valence-electron chi connectivity index (χ3n) is 5.36. The Morgan fingerprint density at radius 1 is 1.12 bits per heavy atom. The maximum Gasteiger partial charge on any atom is 0.265 e. The van der Waals surface area contributed by atoms with Gasteiger partial charge in [0.1, 0.15) is 23.3 Å². The second-order valence-corrected chi connectivity index (χ2v) is 8.28. The van der Waals surface area contributed by atoms with E-state index in [1.807, 2.05) is 0 Å². The number of hydrogen-bond acceptors (Lipinski definition) is 6. The molecule has 8 heteroatoms. The molecule has 3 rings (SSSR count). The maximum atomic E-state index is 12.8. The zero-order valence-corrected chi connectivity index (χ0v) is 19.4. The number of ether oxygens (including phenoxy) is 3. The summed E-state index contributed by atoms with van der Waals surface area (Å²) in [5.41, 5.74) is 0.748. The van der Waals surface area contributed by atoms with Crippen LogP contribution in [0.2, 0.25) is 0 Å². The van der Waals surface area contributed by atoms with E-state index < -0.39 is 6.04 Å². The highest BCUT2D eigenvalue weighted by molar-refractivity contribution is 6.05. The van der Waals surface area contributed by atoms with E-state index in [4.69, 9.17) is 14.2 Å². The third-order valence-corrected chi connectivity index (χ3v) is 5.36. The molecule has 1 N–H and O–H groups in total. The van der Waals surface area contributed by atoms with Gasteiger partial charge in [-0.05, 0) is 49.6 Å². The van der Waals surface area contributed by atoms with Crippen molar-refractivity contribution in [1.82, 2.24) is 5.32 Å². The second-order valence-electron chi connectivity index (χ2n) is 8.28. The summed E-state index contributed by atoms with van der Waals surface area (Å²) in [6, 6.07) is 11.1. The van der Waals surface area contributed by atoms with E-state index in [1.165, 1.54) is 4.90 Å². The highest BCUT2D eigenvalue weighted by Gasteiger charge is 2.33. The van der Waals surface area contributed by atoms with E-state index in [9.17, 15) is 14.4 Å². The normalized spacial score (nSPS) is 13.7. The van der Waals surface area contributed by atoms with Crippen molar-refractivity contribution in [3.8, 4) is 17.2 Å². The summed E-state index contributed by atoms with van der Waals surface area (Å²) in [5, 5.41) is 2.88. The number of carbonyl (C=O) groups excluding carboxylic acids is 3. The first kappa shape index (κ1) is 24.1. The zero-order valence-electron chi connectivity index (χ0n) is 19.4. The van der Waals surface area contributed by atoms with Crippen molar-refractivity contribution in [2.75, 3.05) is 31.8 Å². The van der Waals surface area contributed by atoms with Gasteiger partial charge >= 0.3 is 0 Å². The van der Waals surface area contributed by atoms with Crippen molar-refractivity contribution < 1.29 is 28.6 Å². The van der Waals surface area contributed by atoms with Crippen molar-refractivity contribution in [2.24, 2.45) is 5.92 Å². The highest BCUT2D eigenvalue weighted by Crippen LogP contribution is 2.34. The summed E-state index contributed by atoms with van der Waals surface area (Å²) in [4.78, 5) is 39.5. The first-order chi connectivity index (χ1) is 15.8. The van der Waals surface area contributed by atoms with Gasteiger partial charge in [-0.25, -0.2) is 0 Å². The highest BCUT2D eigenvalue weighted by atomic mass is 16.5. The van der Waals surface area contributed by atoms with Gasteiger partial charge in [-0.15, -0.1) is 0 Å². The molecule has 2 amide bonds. The Kier molecular flexibility index (Phi) is 7.92. The van der Waals surface area contributed by atoms with E-state index in [0.29, 0.717) is 41.0 Å². The van der Waals surface area contributed by atoms with Gasteiger partial charge in [0.2, 0.25) is 5.91 Å². The van der Waals surface area contributed by atoms with Gasteiger partial charge in [-0.2, -0.15) is 0 Å². The minimum absolute atomic E-state index is 0.164. The summed E-state index contributed by atoms with van der Waals surface area (Å²) in [6.07, 6.45) is 0.845. The molecule has 0 spiro atoms. The van der Waals surface area contributed by atoms with Crippen LogP contribution in [0, 0.1) is 5.92 Å². The SMILES string of the molecule is COc1cccc(OCC(=O)c2ccc3c(c2)N(C(C)C(=O)NCCC(C)C)C(=O)CO3)c1. The minimum Gasteiger partial charge on any atom is -0.497 e. The van der Waals surface area contributed by atoms with Crippen molar-refractivity contribution >= 4 is 23.3 Å². The molecule has 1 heterocycles. The quantitative estimate of drug-likeness (QED) is 0.554. The number of methoxy groups -OCH3 is 1. The fraction of sp³-hybridized carbons (Fsp3) is 0.400. The summed E-state index contributed by atoms with van der Waals surface area (Å²) < 4.78 is 16.3. The van der Waals surface area contributed by atoms with Crippen LogP contribution in [0.25, 0.3) is 0 Å². The van der Waals surface area contributed by atoms with Gasteiger partial charge in [0, 0.05) is 18.2 Å². The van der Waals surface area contributed by atoms with Crippen LogP contribution < -0.4 is 24.4 Å². The molecule has 1 aliphatic rings. The lowest BCUT2D eigenvalue weighted by Gasteiger charge is -2.33. The number of carbonyl (C=O) groups is 3. The van der Waals surface area contributed by atoms with Crippen LogP contribution in [0.5, 0.6) is 17.2 Å². The van der Waals surface area contributed by atoms with Gasteiger partial charge in [0.25, 0.3) is 5.91 Å². The van der Waals surface area contributed by atoms with Crippen LogP contribution >= 0.6 is 0 Å². The molecule has 2 aromatic carbocycles. The van der Waals surface area contributed by atoms with Gasteiger partial charge in [0.15, 0.2) is 19.0 Å². The van der Waals surface area contributed by atoms with Crippen molar-refractivity contribution in [1.29, 1.82) is 0 Å². The Bertz CT molecular complexity index is 1020. The monoisotopic (exact) mass is 454 g/mol. The average molecular weight is 455 g/mol. The van der Waals surface area contributed by atoms with Crippen LogP contribution in [0.15, 0.2) is 42.5 Å². The number of rotatable bonds is 10. The topological polar surface area (TPSA) is 94.2 Å². The molecule has 0 bridgehead atoms. The molecule has 0 aliphatic carbocycles. The maximum absolute atomic E-state index is 12.8. The lowest BCUT2D eigenvalue weighted by molar-refractivity contribution is -0.127. The Labute approximate surface area is 193 Å². The smallest absolute Gasteiger partial charge is 0.265 e. The van der Waals surface area contributed by atoms with Crippen LogP contribution in [-0.2, 0) is 9.59 Å². The molecular formula is C25H30N2O6. The number of hydrogen-bond donors (Lipinski definition) is 1. The summed E-state index contributed by atoms with van der Waals surface area (Å²) in [7, 11) is 1.55. The summed E-state index contributed by atoms with van der Waals surface area (Å²) in [6.45, 7) is 6.00. The molecule has 0 aromatic heterocycles. The number of anilines is 1. The molecule has 2 aromatic rings. The van der Waals surface area contributed by atoms with E-state index in [1.54, 1.807) is 56.5 Å². The van der Waals surface area contributed by atoms with Crippen molar-refractivity contribution in [3.63, 3.8) is 0 Å². The van der Waals surface area contributed by atoms with E-state index in [2.05, 4.69) is 19.2 Å². The lowest BCUT2D eigenvalue weighted by Crippen LogP contribution is -2.51. The van der Waals surface area contributed by atoms with E-state index >= 15 is 0 Å². The Morgan fingerprint density at radius 2 is 1.88 bits per heavy atom. The Morgan fingerprint density at radius 3 is 2.61 bits per heavy atom. The van der Waals surface area contributed by atoms with E-state index in [0.717, 1.165) is 6.42 Å². The van der Waals surface area contributed by atoms with Gasteiger partial charge < -0.3 is 19.5 Å². The molecule has 1 aliphatic heterocycles. The number of fused-ring (bicyclic) bond motifs is 1. The van der Waals surface area contributed by atoms with Crippen LogP contribution in [0.3, 0.4) is 0 Å². The summed E-state index contributed by atoms with van der Waals surface area (Å²) >= 11 is 0. The molecule has 33 heavy (non-hydrogen) atoms. The summed E-state index contributed by atoms with van der Waals surface area (Å²) in [5.74, 6) is 1.17. The first-order valence-electron chi connectivity index (χ1n) is 11.0. The Balaban J connectivity index is 1.74. The van der Waals surface area contributed by atoms with Gasteiger partial charge in [-0.1, -0.05) is 19.9 Å². The first-order valence-corrected chi connectivity index (χ1v) is 11.0. The molecule has 8 nitrogen and oxygen atoms in total. The molecule has 0 radical (unpaired) electrons. The lowest BCUT2D eigenvalue weighted by atomic mass is 10.1. The fourth-order valence-corrected chi connectivity index (χ4v) is 3.44. The number of ketones is 1. The van der Waals surface area contributed by atoms with Gasteiger partial charge in [-0.3, -0.25) is 19.3 Å². The van der Waals surface area contributed by atoms with Crippen LogP contribution in [-0.4, -0.2) is 50.5 Å². The fourth-order valence-electron chi connectivity index (χ4n) is 3.44. The number of amides is 2. The average Bonchev–Trinajstić information content (AvgIpc) is 2.81. The number of nitrogens with one attached hydrogen (secondary N) is 1. The molecule has 0 saturated heterocycles. The second kappa shape index (κ2) is 10.8. The number of nitrogens with zero attached hydrogens (tertiary/aromatic N) is 1. The minimum atomic E-state index is -0.745. The molecule has 176 valence electrons. The molecule has 0 fully saturated rings. The zero-order chi connectivity index (χ0) is 24.0. The number of Topliss-reactive ketones (excluding diaryl/α,β-unsaturated/α-hetero) is 1. The number of benzene rings is 2. The van der Waals surface area contributed by atoms with Crippen molar-refractivity contribution in [2.45, 2.75) is 33.2 Å². The van der Waals surface area contributed by atoms with Crippen molar-refractivity contribution in [3.05, 3.63) is 48.0 Å². The van der Waals surface area contributed by atoms with Crippen LogP contribution in [0.4, 0.5) is 5.69 Å².